The Labute approximate surface area is 165 Å². The summed E-state index contributed by atoms with van der Waals surface area (Å²) in [6.45, 7) is 5.97. The van der Waals surface area contributed by atoms with Gasteiger partial charge in [0.2, 0.25) is 0 Å². The highest BCUT2D eigenvalue weighted by molar-refractivity contribution is 6.08. The fourth-order valence-corrected chi connectivity index (χ4v) is 3.34. The van der Waals surface area contributed by atoms with E-state index in [1.54, 1.807) is 24.3 Å². The molecule has 0 unspecified atom stereocenters. The zero-order valence-corrected chi connectivity index (χ0v) is 16.0. The summed E-state index contributed by atoms with van der Waals surface area (Å²) in [5, 5.41) is 22.3. The van der Waals surface area contributed by atoms with Crippen LogP contribution in [0.4, 0.5) is 0 Å². The molecule has 0 amide bonds. The third-order valence-electron chi connectivity index (χ3n) is 4.53. The topological polar surface area (TPSA) is 45.4 Å². The quantitative estimate of drug-likeness (QED) is 0.438. The maximum absolute atomic E-state index is 9.58. The maximum Gasteiger partial charge on any atom is 0.115 e. The Bertz CT molecular complexity index is 1100. The number of hydrogen-bond donors (Lipinski definition) is 2. The van der Waals surface area contributed by atoms with Crippen molar-refractivity contribution in [2.75, 3.05) is 6.61 Å². The van der Waals surface area contributed by atoms with Crippen molar-refractivity contribution in [1.29, 1.82) is 0 Å². The van der Waals surface area contributed by atoms with Crippen LogP contribution in [0.25, 0.3) is 32.9 Å². The first-order valence-corrected chi connectivity index (χ1v) is 9.33. The minimum atomic E-state index is 0.0384. The first-order valence-electron chi connectivity index (χ1n) is 9.33. The number of aliphatic hydroxyl groups is 1. The fraction of sp³-hybridized carbons (Fsp3) is 0.120. The van der Waals surface area contributed by atoms with Gasteiger partial charge in [0.15, 0.2) is 0 Å². The van der Waals surface area contributed by atoms with E-state index in [-0.39, 0.29) is 12.4 Å². The summed E-state index contributed by atoms with van der Waals surface area (Å²) in [5.41, 5.74) is 3.30. The van der Waals surface area contributed by atoms with E-state index < -0.39 is 0 Å². The number of aromatic hydroxyl groups is 1. The molecule has 0 radical (unpaired) electrons. The lowest BCUT2D eigenvalue weighted by Gasteiger charge is -2.09. The molecule has 0 aliphatic heterocycles. The molecular weight excluding hydrogens is 346 g/mol. The molecule has 4 rings (SSSR count). The van der Waals surface area contributed by atoms with E-state index >= 15 is 0 Å². The van der Waals surface area contributed by atoms with E-state index in [2.05, 4.69) is 53.6 Å². The van der Waals surface area contributed by atoms with Crippen molar-refractivity contribution in [2.24, 2.45) is 0 Å². The number of fused-ring (bicyclic) bond motifs is 3. The first kappa shape index (κ1) is 19.5. The van der Waals surface area contributed by atoms with Gasteiger partial charge < -0.3 is 14.8 Å². The van der Waals surface area contributed by atoms with E-state index in [0.29, 0.717) is 6.54 Å². The van der Waals surface area contributed by atoms with Gasteiger partial charge >= 0.3 is 0 Å². The van der Waals surface area contributed by atoms with Crippen molar-refractivity contribution in [2.45, 2.75) is 13.5 Å². The van der Waals surface area contributed by atoms with Gasteiger partial charge in [0, 0.05) is 23.1 Å². The van der Waals surface area contributed by atoms with Crippen molar-refractivity contribution in [3.05, 3.63) is 91.5 Å². The fourth-order valence-electron chi connectivity index (χ4n) is 3.34. The number of hydrogen-bond acceptors (Lipinski definition) is 2. The number of nitrogens with zero attached hydrogens (tertiary/aromatic N) is 1. The summed E-state index contributed by atoms with van der Waals surface area (Å²) in [7, 11) is 0. The van der Waals surface area contributed by atoms with E-state index in [0.717, 1.165) is 16.8 Å². The van der Waals surface area contributed by atoms with Gasteiger partial charge in [0.05, 0.1) is 6.61 Å². The predicted molar refractivity (Wildman–Crippen MR) is 119 cm³/mol. The summed E-state index contributed by atoms with van der Waals surface area (Å²) in [6, 6.07) is 22.1. The highest BCUT2D eigenvalue weighted by Crippen LogP contribution is 2.33. The van der Waals surface area contributed by atoms with Gasteiger partial charge in [-0.25, -0.2) is 0 Å². The average molecular weight is 371 g/mol. The van der Waals surface area contributed by atoms with Gasteiger partial charge in [-0.05, 0) is 59.7 Å². The van der Waals surface area contributed by atoms with Crippen LogP contribution in [0.3, 0.4) is 0 Å². The Morgan fingerprint density at radius 2 is 1.64 bits per heavy atom. The van der Waals surface area contributed by atoms with Crippen LogP contribution in [0.15, 0.2) is 91.5 Å². The van der Waals surface area contributed by atoms with Crippen LogP contribution >= 0.6 is 0 Å². The molecule has 0 spiro atoms. The molecule has 1 aromatic heterocycles. The van der Waals surface area contributed by atoms with E-state index in [9.17, 15) is 5.11 Å². The summed E-state index contributed by atoms with van der Waals surface area (Å²) in [6.07, 6.45) is 5.48. The SMILES string of the molecule is C=CC.OC/C=C/Cn1c(-c2ccc(O)cc2)cc2c3ccccc3ccc21. The van der Waals surface area contributed by atoms with Gasteiger partial charge in [-0.2, -0.15) is 0 Å². The van der Waals surface area contributed by atoms with Gasteiger partial charge in [0.25, 0.3) is 0 Å². The molecule has 28 heavy (non-hydrogen) atoms. The minimum Gasteiger partial charge on any atom is -0.508 e. The predicted octanol–water partition coefficient (Wildman–Crippen LogP) is 5.91. The van der Waals surface area contributed by atoms with Crippen LogP contribution in [0.2, 0.25) is 0 Å². The van der Waals surface area contributed by atoms with Crippen LogP contribution in [0.5, 0.6) is 5.75 Å². The van der Waals surface area contributed by atoms with Crippen LogP contribution in [-0.4, -0.2) is 21.4 Å². The molecule has 0 fully saturated rings. The smallest absolute Gasteiger partial charge is 0.115 e. The lowest BCUT2D eigenvalue weighted by Crippen LogP contribution is -1.98. The second-order valence-corrected chi connectivity index (χ2v) is 6.47. The Morgan fingerprint density at radius 3 is 2.36 bits per heavy atom. The van der Waals surface area contributed by atoms with Crippen molar-refractivity contribution in [1.82, 2.24) is 4.57 Å². The van der Waals surface area contributed by atoms with Crippen LogP contribution in [-0.2, 0) is 6.54 Å². The third kappa shape index (κ3) is 4.00. The van der Waals surface area contributed by atoms with E-state index in [4.69, 9.17) is 5.11 Å². The number of allylic oxidation sites excluding steroid dienone is 2. The zero-order chi connectivity index (χ0) is 19.9. The second kappa shape index (κ2) is 9.07. The summed E-state index contributed by atoms with van der Waals surface area (Å²) >= 11 is 0. The van der Waals surface area contributed by atoms with Gasteiger partial charge in [-0.15, -0.1) is 6.58 Å². The number of phenols is 1. The Balaban J connectivity index is 0.000000706. The van der Waals surface area contributed by atoms with Crippen molar-refractivity contribution >= 4 is 21.7 Å². The second-order valence-electron chi connectivity index (χ2n) is 6.47. The average Bonchev–Trinajstić information content (AvgIpc) is 3.08. The molecule has 4 aromatic rings. The van der Waals surface area contributed by atoms with Gasteiger partial charge in [0.1, 0.15) is 5.75 Å². The molecule has 3 aromatic carbocycles. The zero-order valence-electron chi connectivity index (χ0n) is 16.0. The van der Waals surface area contributed by atoms with Crippen LogP contribution in [0, 0.1) is 0 Å². The standard InChI is InChI=1S/C22H19NO2.C3H6/c24-14-4-3-13-23-21-12-9-16-5-1-2-6-19(16)20(21)15-22(23)17-7-10-18(25)11-8-17;1-3-2/h1-12,15,24-25H,13-14H2;3H,1H2,2H3/b4-3+;. The molecule has 3 heteroatoms. The molecule has 0 aliphatic rings. The molecule has 2 N–H and O–H groups in total. The van der Waals surface area contributed by atoms with E-state index in [1.807, 2.05) is 25.1 Å². The Hall–Kier alpha value is -3.30. The number of benzene rings is 3. The summed E-state index contributed by atoms with van der Waals surface area (Å²) in [4.78, 5) is 0. The monoisotopic (exact) mass is 371 g/mol. The molecule has 0 atom stereocenters. The number of phenolic OH excluding ortho intramolecular Hbond substituents is 1. The minimum absolute atomic E-state index is 0.0384. The highest BCUT2D eigenvalue weighted by atomic mass is 16.3. The lowest BCUT2D eigenvalue weighted by molar-refractivity contribution is 0.342. The highest BCUT2D eigenvalue weighted by Gasteiger charge is 2.12. The number of rotatable bonds is 4. The van der Waals surface area contributed by atoms with Crippen LogP contribution < -0.4 is 0 Å². The Morgan fingerprint density at radius 1 is 0.929 bits per heavy atom. The molecule has 0 bridgehead atoms. The lowest BCUT2D eigenvalue weighted by atomic mass is 10.1. The third-order valence-corrected chi connectivity index (χ3v) is 4.53. The molecule has 0 saturated heterocycles. The van der Waals surface area contributed by atoms with E-state index in [1.165, 1.54) is 16.2 Å². The molecule has 0 aliphatic carbocycles. The molecule has 0 saturated carbocycles. The number of aromatic nitrogens is 1. The van der Waals surface area contributed by atoms with Crippen molar-refractivity contribution in [3.8, 4) is 17.0 Å². The first-order chi connectivity index (χ1) is 13.7. The molecular formula is C25H25NO2. The maximum atomic E-state index is 9.58. The van der Waals surface area contributed by atoms with Crippen LogP contribution in [0.1, 0.15) is 6.92 Å². The summed E-state index contributed by atoms with van der Waals surface area (Å²) < 4.78 is 2.24. The molecule has 1 heterocycles. The summed E-state index contributed by atoms with van der Waals surface area (Å²) in [5.74, 6) is 0.261. The molecule has 142 valence electrons. The largest absolute Gasteiger partial charge is 0.508 e. The van der Waals surface area contributed by atoms with Crippen molar-refractivity contribution in [3.63, 3.8) is 0 Å². The number of aliphatic hydroxyl groups excluding tert-OH is 1. The Kier molecular flexibility index (Phi) is 6.30. The van der Waals surface area contributed by atoms with Crippen molar-refractivity contribution < 1.29 is 10.2 Å². The van der Waals surface area contributed by atoms with Gasteiger partial charge in [-0.1, -0.05) is 48.6 Å². The molecule has 3 nitrogen and oxygen atoms in total. The normalized spacial score (nSPS) is 10.9. The van der Waals surface area contributed by atoms with Gasteiger partial charge in [-0.3, -0.25) is 0 Å².